The van der Waals surface area contributed by atoms with E-state index in [1.54, 1.807) is 29.2 Å². The van der Waals surface area contributed by atoms with Gasteiger partial charge in [0.25, 0.3) is 15.9 Å². The second-order valence-corrected chi connectivity index (χ2v) is 22.6. The van der Waals surface area contributed by atoms with Crippen LogP contribution in [0.3, 0.4) is 0 Å². The molecule has 0 radical (unpaired) electrons. The normalized spacial score (nSPS) is 17.9. The topological polar surface area (TPSA) is 206 Å². The number of rotatable bonds is 13. The Balaban J connectivity index is 0.953. The molecule has 2 N–H and O–H groups in total. The maximum absolute atomic E-state index is 14.2. The van der Waals surface area contributed by atoms with Crippen LogP contribution in [0, 0.1) is 21.4 Å². The summed E-state index contributed by atoms with van der Waals surface area (Å²) in [6.45, 7) is 9.24. The monoisotopic (exact) mass is 969 g/mol. The van der Waals surface area contributed by atoms with Crippen LogP contribution in [0.5, 0.6) is 5.75 Å². The molecule has 352 valence electrons. The molecule has 0 atom stereocenters. The molecule has 0 unspecified atom stereocenters. The van der Waals surface area contributed by atoms with Crippen LogP contribution in [0.15, 0.2) is 95.7 Å². The number of carbonyl (C=O) groups excluding carboxylic acids is 1. The number of pyridine rings is 1. The van der Waals surface area contributed by atoms with Crippen LogP contribution < -0.4 is 14.4 Å². The van der Waals surface area contributed by atoms with Crippen LogP contribution in [0.2, 0.25) is 5.02 Å². The number of ether oxygens (including phenoxy) is 1. The Labute approximate surface area is 394 Å². The Morgan fingerprint density at radius 1 is 0.970 bits per heavy atom. The highest BCUT2D eigenvalue weighted by Crippen LogP contribution is 2.43. The van der Waals surface area contributed by atoms with Gasteiger partial charge in [0, 0.05) is 74.2 Å². The molecule has 3 aromatic heterocycles. The van der Waals surface area contributed by atoms with Gasteiger partial charge >= 0.3 is 5.69 Å². The number of anilines is 1. The molecule has 2 aliphatic heterocycles. The first-order chi connectivity index (χ1) is 31.9. The lowest BCUT2D eigenvalue weighted by Crippen LogP contribution is -2.47. The number of sulfonamides is 2. The second-order valence-electron chi connectivity index (χ2n) is 18.5. The molecule has 2 fully saturated rings. The summed E-state index contributed by atoms with van der Waals surface area (Å²) >= 11 is 6.26. The zero-order valence-corrected chi connectivity index (χ0v) is 39.8. The van der Waals surface area contributed by atoms with Crippen LogP contribution in [-0.4, -0.2) is 115 Å². The number of hydrogen-bond donors (Lipinski definition) is 2. The van der Waals surface area contributed by atoms with Gasteiger partial charge in [0.15, 0.2) is 5.75 Å². The maximum Gasteiger partial charge on any atom is 0.312 e. The van der Waals surface area contributed by atoms with Crippen LogP contribution >= 0.6 is 11.6 Å². The Kier molecular flexibility index (Phi) is 12.7. The molecule has 5 heterocycles. The van der Waals surface area contributed by atoms with E-state index in [0.717, 1.165) is 73.4 Å². The van der Waals surface area contributed by atoms with Crippen molar-refractivity contribution in [3.05, 3.63) is 117 Å². The first-order valence-corrected chi connectivity index (χ1v) is 26.0. The van der Waals surface area contributed by atoms with E-state index < -0.39 is 41.5 Å². The number of nitro benzene ring substituents is 1. The van der Waals surface area contributed by atoms with Crippen molar-refractivity contribution in [2.75, 3.05) is 63.6 Å². The van der Waals surface area contributed by atoms with Crippen molar-refractivity contribution in [3.8, 4) is 11.4 Å². The van der Waals surface area contributed by atoms with Gasteiger partial charge in [-0.3, -0.25) is 19.8 Å². The van der Waals surface area contributed by atoms with Crippen LogP contribution in [0.25, 0.3) is 33.3 Å². The molecule has 1 amide bonds. The lowest BCUT2D eigenvalue weighted by atomic mass is 9.72. The standard InChI is InChI=1S/C47H52ClN9O8S2/c1-47(2)16-12-34(39(27-47)32-4-6-35(48)7-5-32)29-53-20-22-54(23-21-53)36-8-10-38(41(25-36)56-42-24-33-13-17-49-45(33)51-40(42)28-50-56)46(58)52-67(63,64)37-9-11-44(43(26-37)57(59)60)65-30-31-14-18-55(19-15-31)66(3,61)62/h4-11,13,17,24-26,28,31H,12,14-16,18-23,27,29-30H2,1-3H3,(H,49,51)(H,52,58). The van der Waals surface area contributed by atoms with Crippen molar-refractivity contribution >= 4 is 76.6 Å². The minimum Gasteiger partial charge on any atom is -0.487 e. The second kappa shape index (κ2) is 18.3. The largest absolute Gasteiger partial charge is 0.487 e. The van der Waals surface area contributed by atoms with Crippen LogP contribution in [0.4, 0.5) is 11.4 Å². The number of aromatic amines is 1. The maximum atomic E-state index is 14.2. The summed E-state index contributed by atoms with van der Waals surface area (Å²) in [6.07, 6.45) is 8.67. The molecule has 67 heavy (non-hydrogen) atoms. The molecular formula is C47H52ClN9O8S2. The number of amides is 1. The number of piperidine rings is 1. The number of halogens is 1. The summed E-state index contributed by atoms with van der Waals surface area (Å²) in [5, 5.41) is 18.4. The van der Waals surface area contributed by atoms with Gasteiger partial charge in [-0.05, 0) is 109 Å². The number of nitrogens with zero attached hydrogens (tertiary/aromatic N) is 7. The molecule has 20 heteroatoms. The molecule has 3 aliphatic rings. The molecule has 9 rings (SSSR count). The van der Waals surface area contributed by atoms with Gasteiger partial charge in [-0.25, -0.2) is 35.5 Å². The van der Waals surface area contributed by atoms with Gasteiger partial charge in [0.1, 0.15) is 11.2 Å². The summed E-state index contributed by atoms with van der Waals surface area (Å²) < 4.78 is 62.5. The first-order valence-electron chi connectivity index (χ1n) is 22.2. The number of nitrogens with one attached hydrogen (secondary N) is 2. The molecule has 1 aliphatic carbocycles. The van der Waals surface area contributed by atoms with Crippen LogP contribution in [0.1, 0.15) is 61.9 Å². The summed E-state index contributed by atoms with van der Waals surface area (Å²) in [6, 6.07) is 20.3. The van der Waals surface area contributed by atoms with E-state index in [-0.39, 0.29) is 29.3 Å². The van der Waals surface area contributed by atoms with E-state index in [2.05, 4.69) is 50.6 Å². The van der Waals surface area contributed by atoms with E-state index in [4.69, 9.17) is 21.3 Å². The highest BCUT2D eigenvalue weighted by atomic mass is 35.5. The van der Waals surface area contributed by atoms with E-state index in [1.807, 2.05) is 30.3 Å². The van der Waals surface area contributed by atoms with Crippen molar-refractivity contribution in [2.24, 2.45) is 11.3 Å². The third-order valence-corrected chi connectivity index (χ3v) is 16.1. The minimum atomic E-state index is -4.66. The molecule has 0 bridgehead atoms. The van der Waals surface area contributed by atoms with Crippen LogP contribution in [-0.2, 0) is 20.0 Å². The number of allylic oxidation sites excluding steroid dienone is 1. The third-order valence-electron chi connectivity index (χ3n) is 13.2. The van der Waals surface area contributed by atoms with Gasteiger partial charge in [-0.1, -0.05) is 43.2 Å². The zero-order valence-electron chi connectivity index (χ0n) is 37.4. The van der Waals surface area contributed by atoms with Crippen molar-refractivity contribution in [1.29, 1.82) is 0 Å². The highest BCUT2D eigenvalue weighted by Gasteiger charge is 2.32. The number of H-pyrrole nitrogens is 1. The number of carbonyl (C=O) groups is 1. The summed E-state index contributed by atoms with van der Waals surface area (Å²) in [5.41, 5.74) is 6.64. The van der Waals surface area contributed by atoms with Gasteiger partial charge < -0.3 is 14.6 Å². The summed E-state index contributed by atoms with van der Waals surface area (Å²) in [7, 11) is -7.99. The quantitative estimate of drug-likeness (QED) is 0.0857. The van der Waals surface area contributed by atoms with Gasteiger partial charge in [-0.2, -0.15) is 5.10 Å². The Hall–Kier alpha value is -5.86. The predicted molar refractivity (Wildman–Crippen MR) is 258 cm³/mol. The lowest BCUT2D eigenvalue weighted by molar-refractivity contribution is -0.386. The fourth-order valence-corrected chi connectivity index (χ4v) is 11.4. The summed E-state index contributed by atoms with van der Waals surface area (Å²) in [4.78, 5) is 37.7. The molecule has 0 spiro atoms. The fourth-order valence-electron chi connectivity index (χ4n) is 9.38. The first kappa shape index (κ1) is 46.3. The van der Waals surface area contributed by atoms with E-state index in [9.17, 15) is 31.7 Å². The van der Waals surface area contributed by atoms with E-state index >= 15 is 0 Å². The number of aromatic nitrogens is 4. The Morgan fingerprint density at radius 2 is 1.72 bits per heavy atom. The molecular weight excluding hydrogens is 918 g/mol. The minimum absolute atomic E-state index is 0.00314. The van der Waals surface area contributed by atoms with Crippen molar-refractivity contribution in [1.82, 2.24) is 33.7 Å². The average Bonchev–Trinajstić information content (AvgIpc) is 3.94. The molecule has 6 aromatic rings. The van der Waals surface area contributed by atoms with Gasteiger partial charge in [0.2, 0.25) is 10.0 Å². The predicted octanol–water partition coefficient (Wildman–Crippen LogP) is 7.42. The molecule has 2 saturated heterocycles. The zero-order chi connectivity index (χ0) is 47.3. The van der Waals surface area contributed by atoms with E-state index in [1.165, 1.54) is 27.1 Å². The molecule has 3 aromatic carbocycles. The fraction of sp³-hybridized carbons (Fsp3) is 0.383. The lowest BCUT2D eigenvalue weighted by Gasteiger charge is -2.39. The van der Waals surface area contributed by atoms with Gasteiger partial charge in [-0.15, -0.1) is 0 Å². The van der Waals surface area contributed by atoms with Crippen molar-refractivity contribution in [3.63, 3.8) is 0 Å². The number of hydrogen-bond acceptors (Lipinski definition) is 12. The third kappa shape index (κ3) is 10.1. The smallest absolute Gasteiger partial charge is 0.312 e. The number of fused-ring (bicyclic) bond motifs is 2. The van der Waals surface area contributed by atoms with E-state index in [0.29, 0.717) is 61.4 Å². The summed E-state index contributed by atoms with van der Waals surface area (Å²) in [5.74, 6) is -1.17. The SMILES string of the molecule is CC1(C)CCC(CN2CCN(c3ccc(C(=O)NS(=O)(=O)c4ccc(OCC5CCN(S(C)(=O)=O)CC5)c([N+](=O)[O-])c4)c(-n4ncc5nc6[nH]ccc6cc54)c3)CC2)=C(c2ccc(Cl)cc2)C1. The molecule has 0 saturated carbocycles. The Morgan fingerprint density at radius 3 is 2.43 bits per heavy atom. The highest BCUT2D eigenvalue weighted by molar-refractivity contribution is 7.90. The van der Waals surface area contributed by atoms with Crippen molar-refractivity contribution < 1.29 is 31.3 Å². The molecule has 17 nitrogen and oxygen atoms in total. The average molecular weight is 971 g/mol. The number of piperazine rings is 1. The Bertz CT molecular complexity index is 3140. The number of nitro groups is 1. The van der Waals surface area contributed by atoms with Gasteiger partial charge in [0.05, 0.1) is 45.6 Å². The van der Waals surface area contributed by atoms with Crippen molar-refractivity contribution in [2.45, 2.75) is 50.8 Å². The number of benzene rings is 3.